The van der Waals surface area contributed by atoms with Gasteiger partial charge in [0.25, 0.3) is 0 Å². The van der Waals surface area contributed by atoms with E-state index in [9.17, 15) is 5.11 Å². The van der Waals surface area contributed by atoms with E-state index in [1.807, 2.05) is 11.8 Å². The molecule has 0 aromatic rings. The highest BCUT2D eigenvalue weighted by molar-refractivity contribution is 7.99. The lowest BCUT2D eigenvalue weighted by molar-refractivity contribution is 0.156. The Labute approximate surface area is 110 Å². The summed E-state index contributed by atoms with van der Waals surface area (Å²) >= 11 is 2.04. The van der Waals surface area contributed by atoms with Gasteiger partial charge < -0.3 is 15.2 Å². The summed E-state index contributed by atoms with van der Waals surface area (Å²) in [5, 5.41) is 13.8. The summed E-state index contributed by atoms with van der Waals surface area (Å²) in [5.74, 6) is 1.17. The van der Waals surface area contributed by atoms with E-state index in [-0.39, 0.29) is 12.1 Å². The second-order valence-corrected chi connectivity index (χ2v) is 6.73. The Morgan fingerprint density at radius 2 is 2.29 bits per heavy atom. The minimum Gasteiger partial charge on any atom is -0.394 e. The van der Waals surface area contributed by atoms with Crippen LogP contribution in [-0.2, 0) is 4.74 Å². The summed E-state index contributed by atoms with van der Waals surface area (Å²) in [5.41, 5.74) is -0.0207. The number of aliphatic hydroxyl groups is 1. The fourth-order valence-electron chi connectivity index (χ4n) is 2.61. The van der Waals surface area contributed by atoms with Crippen molar-refractivity contribution in [3.63, 3.8) is 0 Å². The summed E-state index contributed by atoms with van der Waals surface area (Å²) in [6.07, 6.45) is 4.54. The zero-order valence-corrected chi connectivity index (χ0v) is 12.2. The van der Waals surface area contributed by atoms with Gasteiger partial charge in [-0.2, -0.15) is 11.8 Å². The van der Waals surface area contributed by atoms with E-state index in [0.29, 0.717) is 11.3 Å². The molecule has 2 N–H and O–H groups in total. The van der Waals surface area contributed by atoms with Gasteiger partial charge in [-0.15, -0.1) is 0 Å². The Morgan fingerprint density at radius 3 is 2.88 bits per heavy atom. The molecule has 0 saturated heterocycles. The van der Waals surface area contributed by atoms with Crippen LogP contribution in [0, 0.1) is 0 Å². The summed E-state index contributed by atoms with van der Waals surface area (Å²) in [4.78, 5) is 0. The molecule has 1 rings (SSSR count). The highest BCUT2D eigenvalue weighted by atomic mass is 32.2. The Kier molecular flexibility index (Phi) is 6.85. The molecule has 102 valence electrons. The quantitative estimate of drug-likeness (QED) is 0.656. The maximum atomic E-state index is 9.60. The summed E-state index contributed by atoms with van der Waals surface area (Å²) in [7, 11) is 1.75. The molecule has 1 fully saturated rings. The molecule has 1 saturated carbocycles. The van der Waals surface area contributed by atoms with Gasteiger partial charge in [-0.05, 0) is 31.4 Å². The SMILES string of the molecule is COCCCSC1CCC(CO)(NC(C)C)C1. The van der Waals surface area contributed by atoms with Gasteiger partial charge in [0.2, 0.25) is 0 Å². The predicted molar refractivity (Wildman–Crippen MR) is 74.7 cm³/mol. The highest BCUT2D eigenvalue weighted by Crippen LogP contribution is 2.37. The van der Waals surface area contributed by atoms with Gasteiger partial charge in [0, 0.05) is 30.5 Å². The highest BCUT2D eigenvalue weighted by Gasteiger charge is 2.38. The fraction of sp³-hybridized carbons (Fsp3) is 1.00. The van der Waals surface area contributed by atoms with Gasteiger partial charge >= 0.3 is 0 Å². The first-order chi connectivity index (χ1) is 8.12. The molecule has 1 aliphatic rings. The van der Waals surface area contributed by atoms with Crippen molar-refractivity contribution < 1.29 is 9.84 Å². The Balaban J connectivity index is 2.28. The van der Waals surface area contributed by atoms with Crippen LogP contribution in [-0.4, -0.2) is 48.0 Å². The number of hydrogen-bond donors (Lipinski definition) is 2. The average Bonchev–Trinajstić information content (AvgIpc) is 2.68. The monoisotopic (exact) mass is 261 g/mol. The summed E-state index contributed by atoms with van der Waals surface area (Å²) in [6.45, 7) is 5.42. The molecule has 0 spiro atoms. The van der Waals surface area contributed by atoms with Gasteiger partial charge in [-0.25, -0.2) is 0 Å². The van der Waals surface area contributed by atoms with Crippen LogP contribution in [0.5, 0.6) is 0 Å². The maximum absolute atomic E-state index is 9.60. The first kappa shape index (κ1) is 15.3. The number of thioether (sulfide) groups is 1. The molecule has 4 heteroatoms. The van der Waals surface area contributed by atoms with Crippen LogP contribution < -0.4 is 5.32 Å². The van der Waals surface area contributed by atoms with Crippen LogP contribution in [0.2, 0.25) is 0 Å². The normalized spacial score (nSPS) is 29.1. The molecule has 2 unspecified atom stereocenters. The van der Waals surface area contributed by atoms with Gasteiger partial charge in [-0.3, -0.25) is 0 Å². The Bertz CT molecular complexity index is 214. The third kappa shape index (κ3) is 5.16. The second-order valence-electron chi connectivity index (χ2n) is 5.32. The molecule has 0 aliphatic heterocycles. The predicted octanol–water partition coefficient (Wildman–Crippen LogP) is 2.04. The van der Waals surface area contributed by atoms with E-state index in [4.69, 9.17) is 4.74 Å². The van der Waals surface area contributed by atoms with Crippen molar-refractivity contribution in [3.8, 4) is 0 Å². The van der Waals surface area contributed by atoms with Crippen LogP contribution >= 0.6 is 11.8 Å². The first-order valence-electron chi connectivity index (χ1n) is 6.61. The van der Waals surface area contributed by atoms with Crippen molar-refractivity contribution in [2.24, 2.45) is 0 Å². The van der Waals surface area contributed by atoms with Crippen molar-refractivity contribution >= 4 is 11.8 Å². The largest absolute Gasteiger partial charge is 0.394 e. The average molecular weight is 261 g/mol. The molecule has 17 heavy (non-hydrogen) atoms. The smallest absolute Gasteiger partial charge is 0.0613 e. The van der Waals surface area contributed by atoms with Crippen LogP contribution in [0.1, 0.15) is 39.5 Å². The zero-order valence-electron chi connectivity index (χ0n) is 11.4. The number of aliphatic hydroxyl groups excluding tert-OH is 1. The van der Waals surface area contributed by atoms with Crippen LogP contribution in [0.15, 0.2) is 0 Å². The fourth-order valence-corrected chi connectivity index (χ4v) is 3.94. The second kappa shape index (κ2) is 7.62. The maximum Gasteiger partial charge on any atom is 0.0613 e. The standard InChI is InChI=1S/C13H27NO2S/c1-11(2)14-13(10-15)6-5-12(9-13)17-8-4-7-16-3/h11-12,14-15H,4-10H2,1-3H3. The lowest BCUT2D eigenvalue weighted by Gasteiger charge is -2.31. The van der Waals surface area contributed by atoms with Crippen molar-refractivity contribution in [2.75, 3.05) is 26.1 Å². The van der Waals surface area contributed by atoms with Gasteiger partial charge in [0.1, 0.15) is 0 Å². The number of hydrogen-bond acceptors (Lipinski definition) is 4. The zero-order chi connectivity index (χ0) is 12.7. The Morgan fingerprint density at radius 1 is 1.53 bits per heavy atom. The van der Waals surface area contributed by atoms with Crippen molar-refractivity contribution in [2.45, 2.75) is 56.4 Å². The van der Waals surface area contributed by atoms with Gasteiger partial charge in [0.05, 0.1) is 6.61 Å². The number of nitrogens with one attached hydrogen (secondary N) is 1. The van der Waals surface area contributed by atoms with Crippen molar-refractivity contribution in [1.82, 2.24) is 5.32 Å². The lowest BCUT2D eigenvalue weighted by Crippen LogP contribution is -2.49. The minimum atomic E-state index is -0.0207. The van der Waals surface area contributed by atoms with E-state index in [1.165, 1.54) is 12.2 Å². The summed E-state index contributed by atoms with van der Waals surface area (Å²) in [6, 6.07) is 0.444. The van der Waals surface area contributed by atoms with E-state index < -0.39 is 0 Å². The van der Waals surface area contributed by atoms with E-state index in [0.717, 1.165) is 25.9 Å². The first-order valence-corrected chi connectivity index (χ1v) is 7.66. The topological polar surface area (TPSA) is 41.5 Å². The molecular formula is C13H27NO2S. The minimum absolute atomic E-state index is 0.0207. The number of methoxy groups -OCH3 is 1. The molecule has 0 radical (unpaired) electrons. The number of rotatable bonds is 8. The van der Waals surface area contributed by atoms with Crippen molar-refractivity contribution in [1.29, 1.82) is 0 Å². The third-order valence-corrected chi connectivity index (χ3v) is 4.71. The molecule has 0 bridgehead atoms. The molecule has 2 atom stereocenters. The third-order valence-electron chi connectivity index (χ3n) is 3.31. The Hall–Kier alpha value is 0.230. The summed E-state index contributed by atoms with van der Waals surface area (Å²) < 4.78 is 5.06. The molecule has 0 aromatic heterocycles. The van der Waals surface area contributed by atoms with E-state index in [2.05, 4.69) is 19.2 Å². The molecular weight excluding hydrogens is 234 g/mol. The van der Waals surface area contributed by atoms with Crippen LogP contribution in [0.3, 0.4) is 0 Å². The molecule has 0 heterocycles. The lowest BCUT2D eigenvalue weighted by atomic mass is 9.98. The molecule has 0 amide bonds. The van der Waals surface area contributed by atoms with Crippen LogP contribution in [0.25, 0.3) is 0 Å². The van der Waals surface area contributed by atoms with E-state index >= 15 is 0 Å². The van der Waals surface area contributed by atoms with Crippen LogP contribution in [0.4, 0.5) is 0 Å². The van der Waals surface area contributed by atoms with Crippen molar-refractivity contribution in [3.05, 3.63) is 0 Å². The van der Waals surface area contributed by atoms with Gasteiger partial charge in [-0.1, -0.05) is 13.8 Å². The molecule has 1 aliphatic carbocycles. The van der Waals surface area contributed by atoms with Gasteiger partial charge in [0.15, 0.2) is 0 Å². The molecule has 0 aromatic carbocycles. The van der Waals surface area contributed by atoms with E-state index in [1.54, 1.807) is 7.11 Å². The molecule has 3 nitrogen and oxygen atoms in total. The number of ether oxygens (including phenoxy) is 1.